The van der Waals surface area contributed by atoms with Gasteiger partial charge in [0.15, 0.2) is 11.5 Å². The monoisotopic (exact) mass is 254 g/mol. The van der Waals surface area contributed by atoms with E-state index in [4.69, 9.17) is 9.47 Å². The van der Waals surface area contributed by atoms with Crippen molar-refractivity contribution >= 4 is 0 Å². The zero-order valence-electron chi connectivity index (χ0n) is 11.4. The fourth-order valence-electron chi connectivity index (χ4n) is 2.65. The molecule has 2 aromatic rings. The smallest absolute Gasteiger partial charge is 0.161 e. The molecule has 0 aromatic heterocycles. The molecule has 2 aromatic carbocycles. The van der Waals surface area contributed by atoms with Crippen molar-refractivity contribution in [3.05, 3.63) is 47.5 Å². The molecule has 0 bridgehead atoms. The first-order valence-corrected chi connectivity index (χ1v) is 6.78. The number of hydrogen-bond donors (Lipinski definition) is 0. The Morgan fingerprint density at radius 3 is 2.58 bits per heavy atom. The highest BCUT2D eigenvalue weighted by Crippen LogP contribution is 2.36. The van der Waals surface area contributed by atoms with Gasteiger partial charge in [0.2, 0.25) is 0 Å². The molecular formula is C17H18O2. The van der Waals surface area contributed by atoms with Gasteiger partial charge in [-0.25, -0.2) is 0 Å². The van der Waals surface area contributed by atoms with E-state index in [1.54, 1.807) is 0 Å². The maximum absolute atomic E-state index is 5.66. The second-order valence-corrected chi connectivity index (χ2v) is 4.81. The molecule has 0 atom stereocenters. The van der Waals surface area contributed by atoms with E-state index in [9.17, 15) is 0 Å². The topological polar surface area (TPSA) is 18.5 Å². The summed E-state index contributed by atoms with van der Waals surface area (Å²) < 4.78 is 11.2. The predicted octanol–water partition coefficient (Wildman–Crippen LogP) is 4.00. The average molecular weight is 254 g/mol. The molecule has 3 rings (SSSR count). The van der Waals surface area contributed by atoms with Gasteiger partial charge in [0.1, 0.15) is 13.2 Å². The van der Waals surface area contributed by atoms with Crippen LogP contribution < -0.4 is 9.47 Å². The van der Waals surface area contributed by atoms with Crippen molar-refractivity contribution in [1.82, 2.24) is 0 Å². The lowest BCUT2D eigenvalue weighted by Crippen LogP contribution is -2.15. The fraction of sp³-hybridized carbons (Fsp3) is 0.294. The van der Waals surface area contributed by atoms with Crippen LogP contribution in [0, 0.1) is 6.92 Å². The summed E-state index contributed by atoms with van der Waals surface area (Å²) >= 11 is 0. The zero-order valence-corrected chi connectivity index (χ0v) is 11.4. The van der Waals surface area contributed by atoms with Crippen molar-refractivity contribution < 1.29 is 9.47 Å². The molecule has 0 spiro atoms. The molecule has 0 fully saturated rings. The van der Waals surface area contributed by atoms with Crippen molar-refractivity contribution in [3.8, 4) is 22.6 Å². The molecule has 0 aliphatic carbocycles. The molecule has 98 valence electrons. The van der Waals surface area contributed by atoms with Crippen LogP contribution in [0.5, 0.6) is 11.5 Å². The number of fused-ring (bicyclic) bond motifs is 1. The fourth-order valence-corrected chi connectivity index (χ4v) is 2.65. The molecule has 1 aliphatic rings. The van der Waals surface area contributed by atoms with Gasteiger partial charge in [-0.1, -0.05) is 31.2 Å². The summed E-state index contributed by atoms with van der Waals surface area (Å²) in [5.41, 5.74) is 5.23. The summed E-state index contributed by atoms with van der Waals surface area (Å²) in [6.45, 7) is 5.63. The molecule has 2 nitrogen and oxygen atoms in total. The summed E-state index contributed by atoms with van der Waals surface area (Å²) in [6, 6.07) is 12.7. The van der Waals surface area contributed by atoms with E-state index in [0.29, 0.717) is 13.2 Å². The molecule has 1 aliphatic heterocycles. The van der Waals surface area contributed by atoms with Crippen molar-refractivity contribution in [2.24, 2.45) is 0 Å². The third kappa shape index (κ3) is 2.19. The molecule has 2 heteroatoms. The van der Waals surface area contributed by atoms with E-state index < -0.39 is 0 Å². The number of rotatable bonds is 2. The average Bonchev–Trinajstić information content (AvgIpc) is 2.46. The van der Waals surface area contributed by atoms with E-state index in [1.807, 2.05) is 6.07 Å². The van der Waals surface area contributed by atoms with Crippen LogP contribution in [0.4, 0.5) is 0 Å². The third-order valence-electron chi connectivity index (χ3n) is 3.62. The Kier molecular flexibility index (Phi) is 3.16. The van der Waals surface area contributed by atoms with Crippen molar-refractivity contribution in [2.45, 2.75) is 20.3 Å². The van der Waals surface area contributed by atoms with Gasteiger partial charge in [0, 0.05) is 0 Å². The molecule has 1 heterocycles. The van der Waals surface area contributed by atoms with Crippen LogP contribution in [0.2, 0.25) is 0 Å². The van der Waals surface area contributed by atoms with E-state index in [1.165, 1.54) is 22.3 Å². The zero-order chi connectivity index (χ0) is 13.2. The Balaban J connectivity index is 2.09. The first-order chi connectivity index (χ1) is 9.29. The number of benzene rings is 2. The molecule has 19 heavy (non-hydrogen) atoms. The number of ether oxygens (including phenoxy) is 2. The van der Waals surface area contributed by atoms with Gasteiger partial charge in [-0.3, -0.25) is 0 Å². The minimum absolute atomic E-state index is 0.630. The van der Waals surface area contributed by atoms with Crippen molar-refractivity contribution in [1.29, 1.82) is 0 Å². The quantitative estimate of drug-likeness (QED) is 0.806. The lowest BCUT2D eigenvalue weighted by molar-refractivity contribution is 0.171. The van der Waals surface area contributed by atoms with Crippen molar-refractivity contribution in [2.75, 3.05) is 13.2 Å². The van der Waals surface area contributed by atoms with Gasteiger partial charge in [0.25, 0.3) is 0 Å². The molecule has 0 saturated heterocycles. The van der Waals surface area contributed by atoms with E-state index >= 15 is 0 Å². The van der Waals surface area contributed by atoms with Crippen LogP contribution in [0.25, 0.3) is 11.1 Å². The maximum atomic E-state index is 5.66. The molecule has 0 saturated carbocycles. The van der Waals surface area contributed by atoms with Crippen LogP contribution >= 0.6 is 0 Å². The lowest BCUT2D eigenvalue weighted by atomic mass is 9.94. The Morgan fingerprint density at radius 1 is 1.00 bits per heavy atom. The maximum Gasteiger partial charge on any atom is 0.161 e. The second kappa shape index (κ2) is 4.96. The van der Waals surface area contributed by atoms with Crippen molar-refractivity contribution in [3.63, 3.8) is 0 Å². The minimum atomic E-state index is 0.630. The highest BCUT2D eigenvalue weighted by atomic mass is 16.6. The first kappa shape index (κ1) is 12.1. The molecule has 0 unspecified atom stereocenters. The summed E-state index contributed by atoms with van der Waals surface area (Å²) in [7, 11) is 0. The first-order valence-electron chi connectivity index (χ1n) is 6.78. The van der Waals surface area contributed by atoms with Gasteiger partial charge in [0.05, 0.1) is 0 Å². The van der Waals surface area contributed by atoms with Crippen LogP contribution in [-0.2, 0) is 6.42 Å². The molecule has 0 radical (unpaired) electrons. The highest BCUT2D eigenvalue weighted by molar-refractivity contribution is 5.71. The predicted molar refractivity (Wildman–Crippen MR) is 77.0 cm³/mol. The number of hydrogen-bond acceptors (Lipinski definition) is 2. The van der Waals surface area contributed by atoms with Crippen LogP contribution in [0.15, 0.2) is 36.4 Å². The van der Waals surface area contributed by atoms with Gasteiger partial charge in [-0.2, -0.15) is 0 Å². The van der Waals surface area contributed by atoms with E-state index in [2.05, 4.69) is 44.2 Å². The molecule has 0 N–H and O–H groups in total. The minimum Gasteiger partial charge on any atom is -0.486 e. The highest BCUT2D eigenvalue weighted by Gasteiger charge is 2.14. The Morgan fingerprint density at radius 2 is 1.79 bits per heavy atom. The summed E-state index contributed by atoms with van der Waals surface area (Å²) in [4.78, 5) is 0. The van der Waals surface area contributed by atoms with Crippen LogP contribution in [-0.4, -0.2) is 13.2 Å². The summed E-state index contributed by atoms with van der Waals surface area (Å²) in [5, 5.41) is 0. The summed E-state index contributed by atoms with van der Waals surface area (Å²) in [5.74, 6) is 1.70. The SMILES string of the molecule is CCc1c(C)cccc1-c1ccc2c(c1)OCCO2. The number of aryl methyl sites for hydroxylation is 1. The second-order valence-electron chi connectivity index (χ2n) is 4.81. The van der Waals surface area contributed by atoms with E-state index in [0.717, 1.165) is 17.9 Å². The Hall–Kier alpha value is -1.96. The van der Waals surface area contributed by atoms with Gasteiger partial charge in [-0.15, -0.1) is 0 Å². The van der Waals surface area contributed by atoms with Gasteiger partial charge < -0.3 is 9.47 Å². The van der Waals surface area contributed by atoms with Crippen LogP contribution in [0.1, 0.15) is 18.1 Å². The van der Waals surface area contributed by atoms with E-state index in [-0.39, 0.29) is 0 Å². The van der Waals surface area contributed by atoms with Gasteiger partial charge >= 0.3 is 0 Å². The summed E-state index contributed by atoms with van der Waals surface area (Å²) in [6.07, 6.45) is 1.04. The molecular weight excluding hydrogens is 236 g/mol. The third-order valence-corrected chi connectivity index (χ3v) is 3.62. The van der Waals surface area contributed by atoms with Crippen LogP contribution in [0.3, 0.4) is 0 Å². The van der Waals surface area contributed by atoms with Gasteiger partial charge in [-0.05, 0) is 47.7 Å². The standard InChI is InChI=1S/C17H18O2/c1-3-14-12(2)5-4-6-15(14)13-7-8-16-17(11-13)19-10-9-18-16/h4-8,11H,3,9-10H2,1-2H3. The Labute approximate surface area is 114 Å². The lowest BCUT2D eigenvalue weighted by Gasteiger charge is -2.19. The normalized spacial score (nSPS) is 13.4. The Bertz CT molecular complexity index is 602. The largest absolute Gasteiger partial charge is 0.486 e. The molecule has 0 amide bonds.